The first-order chi connectivity index (χ1) is 12.2. The topological polar surface area (TPSA) is 89.3 Å². The fourth-order valence-corrected chi connectivity index (χ4v) is 3.80. The Hall–Kier alpha value is -1.89. The SMILES string of the molecule is CC(C)C(C)(CN)NC(=O)c1ccc(S(=O)(=O)Cc2ccccc2)cc1.Cl. The smallest absolute Gasteiger partial charge is 0.251 e. The van der Waals surface area contributed by atoms with Crippen molar-refractivity contribution in [2.45, 2.75) is 37.0 Å². The third kappa shape index (κ3) is 5.79. The molecule has 7 heteroatoms. The van der Waals surface area contributed by atoms with E-state index >= 15 is 0 Å². The van der Waals surface area contributed by atoms with Crippen LogP contribution in [0.5, 0.6) is 0 Å². The zero-order valence-electron chi connectivity index (χ0n) is 15.8. The van der Waals surface area contributed by atoms with Gasteiger partial charge in [0.2, 0.25) is 0 Å². The lowest BCUT2D eigenvalue weighted by atomic mass is 9.88. The fraction of sp³-hybridized carbons (Fsp3) is 0.350. The second kappa shape index (κ2) is 9.35. The van der Waals surface area contributed by atoms with Crippen LogP contribution in [0.1, 0.15) is 36.7 Å². The Morgan fingerprint density at radius 2 is 1.63 bits per heavy atom. The van der Waals surface area contributed by atoms with E-state index in [-0.39, 0.29) is 34.9 Å². The minimum absolute atomic E-state index is 0. The molecular formula is C20H27ClN2O3S. The van der Waals surface area contributed by atoms with Gasteiger partial charge in [-0.3, -0.25) is 4.79 Å². The second-order valence-electron chi connectivity index (χ2n) is 7.00. The lowest BCUT2D eigenvalue weighted by molar-refractivity contribution is 0.0883. The van der Waals surface area contributed by atoms with Crippen molar-refractivity contribution in [1.82, 2.24) is 5.32 Å². The van der Waals surface area contributed by atoms with Crippen LogP contribution in [0.25, 0.3) is 0 Å². The third-order valence-corrected chi connectivity index (χ3v) is 6.48. The van der Waals surface area contributed by atoms with E-state index in [1.165, 1.54) is 24.3 Å². The maximum Gasteiger partial charge on any atom is 0.251 e. The first-order valence-corrected chi connectivity index (χ1v) is 10.2. The number of sulfone groups is 1. The van der Waals surface area contributed by atoms with E-state index < -0.39 is 15.4 Å². The van der Waals surface area contributed by atoms with Gasteiger partial charge in [0.1, 0.15) is 0 Å². The molecule has 0 radical (unpaired) electrons. The van der Waals surface area contributed by atoms with Crippen LogP contribution in [0.3, 0.4) is 0 Å². The van der Waals surface area contributed by atoms with E-state index in [0.717, 1.165) is 5.56 Å². The Balaban J connectivity index is 0.00000364. The van der Waals surface area contributed by atoms with Crippen molar-refractivity contribution in [1.29, 1.82) is 0 Å². The summed E-state index contributed by atoms with van der Waals surface area (Å²) in [5.41, 5.74) is 6.41. The molecule has 2 aromatic carbocycles. The van der Waals surface area contributed by atoms with Gasteiger partial charge in [-0.15, -0.1) is 12.4 Å². The van der Waals surface area contributed by atoms with Gasteiger partial charge in [0.25, 0.3) is 5.91 Å². The van der Waals surface area contributed by atoms with E-state index in [0.29, 0.717) is 12.1 Å². The van der Waals surface area contributed by atoms with Crippen molar-refractivity contribution in [2.75, 3.05) is 6.54 Å². The Morgan fingerprint density at radius 1 is 1.07 bits per heavy atom. The van der Waals surface area contributed by atoms with Gasteiger partial charge in [-0.05, 0) is 42.7 Å². The number of hydrogen-bond donors (Lipinski definition) is 2. The van der Waals surface area contributed by atoms with Crippen molar-refractivity contribution >= 4 is 28.2 Å². The third-order valence-electron chi connectivity index (χ3n) is 4.77. The Kier molecular flexibility index (Phi) is 8.02. The van der Waals surface area contributed by atoms with E-state index in [2.05, 4.69) is 5.32 Å². The second-order valence-corrected chi connectivity index (χ2v) is 8.99. The average molecular weight is 411 g/mol. The van der Waals surface area contributed by atoms with Crippen LogP contribution in [0, 0.1) is 5.92 Å². The predicted molar refractivity (Wildman–Crippen MR) is 111 cm³/mol. The summed E-state index contributed by atoms with van der Waals surface area (Å²) in [6, 6.07) is 15.0. The van der Waals surface area contributed by atoms with Crippen LogP contribution in [-0.4, -0.2) is 26.4 Å². The quantitative estimate of drug-likeness (QED) is 0.733. The molecule has 1 amide bonds. The van der Waals surface area contributed by atoms with E-state index in [1.54, 1.807) is 12.1 Å². The normalized spacial score (nSPS) is 13.5. The van der Waals surface area contributed by atoms with Crippen molar-refractivity contribution in [3.05, 3.63) is 65.7 Å². The Bertz CT molecular complexity index is 853. The highest BCUT2D eigenvalue weighted by atomic mass is 35.5. The summed E-state index contributed by atoms with van der Waals surface area (Å²) in [4.78, 5) is 12.7. The van der Waals surface area contributed by atoms with Gasteiger partial charge in [-0.2, -0.15) is 0 Å². The molecule has 0 spiro atoms. The lowest BCUT2D eigenvalue weighted by Crippen LogP contribution is -2.55. The number of carbonyl (C=O) groups is 1. The number of benzene rings is 2. The molecule has 5 nitrogen and oxygen atoms in total. The molecule has 0 saturated carbocycles. The zero-order valence-corrected chi connectivity index (χ0v) is 17.4. The van der Waals surface area contributed by atoms with Crippen molar-refractivity contribution in [3.63, 3.8) is 0 Å². The summed E-state index contributed by atoms with van der Waals surface area (Å²) >= 11 is 0. The molecule has 0 fully saturated rings. The van der Waals surface area contributed by atoms with E-state index in [4.69, 9.17) is 5.73 Å². The van der Waals surface area contributed by atoms with Gasteiger partial charge in [0, 0.05) is 12.1 Å². The van der Waals surface area contributed by atoms with Crippen LogP contribution in [-0.2, 0) is 15.6 Å². The summed E-state index contributed by atoms with van der Waals surface area (Å²) in [7, 11) is -3.46. The molecule has 27 heavy (non-hydrogen) atoms. The van der Waals surface area contributed by atoms with Gasteiger partial charge in [-0.25, -0.2) is 8.42 Å². The van der Waals surface area contributed by atoms with Gasteiger partial charge in [-0.1, -0.05) is 44.2 Å². The van der Waals surface area contributed by atoms with Crippen LogP contribution in [0.2, 0.25) is 0 Å². The van der Waals surface area contributed by atoms with E-state index in [1.807, 2.05) is 39.0 Å². The van der Waals surface area contributed by atoms with Gasteiger partial charge in [0.05, 0.1) is 16.2 Å². The van der Waals surface area contributed by atoms with Crippen LogP contribution >= 0.6 is 12.4 Å². The summed E-state index contributed by atoms with van der Waals surface area (Å²) < 4.78 is 25.1. The van der Waals surface area contributed by atoms with Crippen LogP contribution in [0.4, 0.5) is 0 Å². The monoisotopic (exact) mass is 410 g/mol. The number of carbonyl (C=O) groups excluding carboxylic acids is 1. The summed E-state index contributed by atoms with van der Waals surface area (Å²) in [6.45, 7) is 6.20. The summed E-state index contributed by atoms with van der Waals surface area (Å²) in [5, 5.41) is 2.94. The van der Waals surface area contributed by atoms with Crippen LogP contribution < -0.4 is 11.1 Å². The van der Waals surface area contributed by atoms with Crippen molar-refractivity contribution in [2.24, 2.45) is 11.7 Å². The molecule has 0 heterocycles. The van der Waals surface area contributed by atoms with Crippen molar-refractivity contribution in [3.8, 4) is 0 Å². The largest absolute Gasteiger partial charge is 0.345 e. The van der Waals surface area contributed by atoms with Crippen LogP contribution in [0.15, 0.2) is 59.5 Å². The zero-order chi connectivity index (χ0) is 19.4. The highest BCUT2D eigenvalue weighted by Gasteiger charge is 2.29. The predicted octanol–water partition coefficient (Wildman–Crippen LogP) is 3.19. The molecule has 0 aliphatic rings. The number of rotatable bonds is 7. The Morgan fingerprint density at radius 3 is 2.11 bits per heavy atom. The molecule has 2 rings (SSSR count). The molecule has 0 aromatic heterocycles. The van der Waals surface area contributed by atoms with Gasteiger partial charge in [0.15, 0.2) is 9.84 Å². The molecule has 148 valence electrons. The number of nitrogens with two attached hydrogens (primary N) is 1. The summed E-state index contributed by atoms with van der Waals surface area (Å²) in [6.07, 6.45) is 0. The first-order valence-electron chi connectivity index (χ1n) is 8.57. The molecule has 3 N–H and O–H groups in total. The maximum absolute atomic E-state index is 12.5. The summed E-state index contributed by atoms with van der Waals surface area (Å²) in [5.74, 6) is -0.168. The van der Waals surface area contributed by atoms with Crippen molar-refractivity contribution < 1.29 is 13.2 Å². The molecule has 0 aliphatic heterocycles. The highest BCUT2D eigenvalue weighted by molar-refractivity contribution is 7.90. The average Bonchev–Trinajstić information content (AvgIpc) is 2.62. The molecule has 1 atom stereocenters. The van der Waals surface area contributed by atoms with Gasteiger partial charge < -0.3 is 11.1 Å². The molecule has 0 aliphatic carbocycles. The number of nitrogens with one attached hydrogen (secondary N) is 1. The standard InChI is InChI=1S/C20H26N2O3S.ClH/c1-15(2)20(3,14-21)22-19(23)17-9-11-18(12-10-17)26(24,25)13-16-7-5-4-6-8-16;/h4-12,15H,13-14,21H2,1-3H3,(H,22,23);1H. The fourth-order valence-electron chi connectivity index (χ4n) is 2.45. The first kappa shape index (κ1) is 23.1. The van der Waals surface area contributed by atoms with E-state index in [9.17, 15) is 13.2 Å². The molecule has 1 unspecified atom stereocenters. The molecule has 2 aromatic rings. The minimum Gasteiger partial charge on any atom is -0.345 e. The highest BCUT2D eigenvalue weighted by Crippen LogP contribution is 2.19. The molecule has 0 saturated heterocycles. The van der Waals surface area contributed by atoms with Gasteiger partial charge >= 0.3 is 0 Å². The lowest BCUT2D eigenvalue weighted by Gasteiger charge is -2.33. The molecular weight excluding hydrogens is 384 g/mol. The number of hydrogen-bond acceptors (Lipinski definition) is 4. The molecule has 0 bridgehead atoms. The Labute approximate surface area is 167 Å². The minimum atomic E-state index is -3.46. The maximum atomic E-state index is 12.5. The number of halogens is 1. The number of amides is 1.